The van der Waals surface area contributed by atoms with E-state index in [4.69, 9.17) is 0 Å². The highest BCUT2D eigenvalue weighted by molar-refractivity contribution is 5.09. The summed E-state index contributed by atoms with van der Waals surface area (Å²) in [5.74, 6) is 4.57. The van der Waals surface area contributed by atoms with E-state index in [1.54, 1.807) is 0 Å². The van der Waals surface area contributed by atoms with E-state index in [0.717, 1.165) is 61.7 Å². The van der Waals surface area contributed by atoms with Gasteiger partial charge in [0.15, 0.2) is 0 Å². The molecular weight excluding hydrogens is 382 g/mol. The number of aliphatic hydroxyl groups excluding tert-OH is 2. The minimum absolute atomic E-state index is 0.0520. The van der Waals surface area contributed by atoms with E-state index in [1.807, 2.05) is 6.92 Å². The van der Waals surface area contributed by atoms with Crippen molar-refractivity contribution in [3.05, 3.63) is 0 Å². The predicted octanol–water partition coefficient (Wildman–Crippen LogP) is 6.33. The zero-order valence-corrected chi connectivity index (χ0v) is 20.5. The van der Waals surface area contributed by atoms with Crippen LogP contribution in [0.25, 0.3) is 0 Å². The number of hydrogen-bond donors (Lipinski definition) is 2. The van der Waals surface area contributed by atoms with Crippen molar-refractivity contribution < 1.29 is 10.2 Å². The van der Waals surface area contributed by atoms with E-state index in [2.05, 4.69) is 26.8 Å². The maximum atomic E-state index is 10.5. The van der Waals surface area contributed by atoms with Gasteiger partial charge in [-0.1, -0.05) is 27.7 Å². The van der Waals surface area contributed by atoms with Crippen molar-refractivity contribution in [2.45, 2.75) is 117 Å². The van der Waals surface area contributed by atoms with Crippen molar-refractivity contribution in [1.29, 1.82) is 5.26 Å². The Morgan fingerprint density at radius 2 is 1.68 bits per heavy atom. The van der Waals surface area contributed by atoms with Gasteiger partial charge >= 0.3 is 0 Å². The average molecular weight is 430 g/mol. The number of rotatable bonds is 6. The first-order valence-corrected chi connectivity index (χ1v) is 13.5. The van der Waals surface area contributed by atoms with E-state index in [-0.39, 0.29) is 12.0 Å². The lowest BCUT2D eigenvalue weighted by Gasteiger charge is -2.61. The van der Waals surface area contributed by atoms with Gasteiger partial charge in [-0.15, -0.1) is 0 Å². The van der Waals surface area contributed by atoms with Crippen molar-refractivity contribution in [2.75, 3.05) is 0 Å². The van der Waals surface area contributed by atoms with Crippen LogP contribution in [0.4, 0.5) is 0 Å². The first kappa shape index (κ1) is 23.6. The zero-order valence-electron chi connectivity index (χ0n) is 20.5. The summed E-state index contributed by atoms with van der Waals surface area (Å²) < 4.78 is 0. The van der Waals surface area contributed by atoms with Crippen molar-refractivity contribution >= 4 is 0 Å². The van der Waals surface area contributed by atoms with Gasteiger partial charge in [0.05, 0.1) is 24.2 Å². The van der Waals surface area contributed by atoms with Crippen LogP contribution in [0, 0.1) is 63.6 Å². The van der Waals surface area contributed by atoms with Crippen LogP contribution in [0.1, 0.15) is 105 Å². The molecule has 0 heterocycles. The topological polar surface area (TPSA) is 64.2 Å². The molecule has 0 bridgehead atoms. The van der Waals surface area contributed by atoms with Crippen LogP contribution >= 0.6 is 0 Å². The van der Waals surface area contributed by atoms with E-state index in [1.165, 1.54) is 44.9 Å². The third-order valence-electron chi connectivity index (χ3n) is 11.4. The van der Waals surface area contributed by atoms with Gasteiger partial charge in [-0.2, -0.15) is 5.26 Å². The largest absolute Gasteiger partial charge is 0.393 e. The van der Waals surface area contributed by atoms with E-state index in [9.17, 15) is 15.5 Å². The van der Waals surface area contributed by atoms with E-state index < -0.39 is 6.10 Å². The Labute approximate surface area is 191 Å². The Kier molecular flexibility index (Phi) is 6.83. The molecule has 3 heteroatoms. The lowest BCUT2D eigenvalue weighted by molar-refractivity contribution is -0.129. The Morgan fingerprint density at radius 1 is 0.968 bits per heavy atom. The third-order valence-corrected chi connectivity index (χ3v) is 11.4. The van der Waals surface area contributed by atoms with Crippen LogP contribution in [0.2, 0.25) is 0 Å². The Morgan fingerprint density at radius 3 is 2.39 bits per heavy atom. The fourth-order valence-corrected chi connectivity index (χ4v) is 9.50. The second-order valence-corrected chi connectivity index (χ2v) is 12.6. The number of nitriles is 1. The summed E-state index contributed by atoms with van der Waals surface area (Å²) in [4.78, 5) is 0. The summed E-state index contributed by atoms with van der Waals surface area (Å²) >= 11 is 0. The molecule has 0 aromatic heterocycles. The quantitative estimate of drug-likeness (QED) is 0.518. The highest BCUT2D eigenvalue weighted by atomic mass is 16.3. The summed E-state index contributed by atoms with van der Waals surface area (Å²) in [6.45, 7) is 9.62. The predicted molar refractivity (Wildman–Crippen MR) is 125 cm³/mol. The molecule has 0 aromatic rings. The fraction of sp³-hybridized carbons (Fsp3) is 0.964. The first-order chi connectivity index (χ1) is 14.7. The van der Waals surface area contributed by atoms with Gasteiger partial charge in [-0.25, -0.2) is 0 Å². The molecule has 4 rings (SSSR count). The van der Waals surface area contributed by atoms with E-state index >= 15 is 0 Å². The maximum absolute atomic E-state index is 10.5. The maximum Gasteiger partial charge on any atom is 0.0720 e. The second kappa shape index (κ2) is 8.98. The molecule has 4 aliphatic rings. The molecule has 9 unspecified atom stereocenters. The number of aliphatic hydroxyl groups is 2. The third kappa shape index (κ3) is 3.99. The summed E-state index contributed by atoms with van der Waals surface area (Å²) in [7, 11) is 0. The fourth-order valence-electron chi connectivity index (χ4n) is 9.50. The van der Waals surface area contributed by atoms with Crippen LogP contribution in [0.3, 0.4) is 0 Å². The molecule has 4 fully saturated rings. The Hall–Kier alpha value is -0.590. The molecule has 11 atom stereocenters. The first-order valence-electron chi connectivity index (χ1n) is 13.5. The van der Waals surface area contributed by atoms with Crippen LogP contribution in [-0.4, -0.2) is 22.4 Å². The van der Waals surface area contributed by atoms with Gasteiger partial charge in [-0.05, 0) is 123 Å². The van der Waals surface area contributed by atoms with Gasteiger partial charge in [0.25, 0.3) is 0 Å². The SMILES string of the molecule is CCC(C#N)C(O)CC[C@@H](C)C1CCC2C3CC[C@H]4CC(O)CCC4(C)C3CCC21C. The van der Waals surface area contributed by atoms with Gasteiger partial charge in [-0.3, -0.25) is 0 Å². The molecule has 0 radical (unpaired) electrons. The summed E-state index contributed by atoms with van der Waals surface area (Å²) in [6, 6.07) is 2.29. The van der Waals surface area contributed by atoms with E-state index in [0.29, 0.717) is 16.7 Å². The molecule has 176 valence electrons. The minimum atomic E-state index is -0.463. The number of nitrogens with zero attached hydrogens (tertiary/aromatic N) is 1. The van der Waals surface area contributed by atoms with Crippen molar-refractivity contribution in [3.8, 4) is 6.07 Å². The van der Waals surface area contributed by atoms with Crippen molar-refractivity contribution in [2.24, 2.45) is 52.3 Å². The summed E-state index contributed by atoms with van der Waals surface area (Å²) in [5, 5.41) is 30.0. The lowest BCUT2D eigenvalue weighted by atomic mass is 9.44. The molecular formula is C28H47NO2. The summed E-state index contributed by atoms with van der Waals surface area (Å²) in [6.07, 6.45) is 13.6. The van der Waals surface area contributed by atoms with Crippen molar-refractivity contribution in [1.82, 2.24) is 0 Å². The van der Waals surface area contributed by atoms with Gasteiger partial charge in [0.1, 0.15) is 0 Å². The highest BCUT2D eigenvalue weighted by Crippen LogP contribution is 2.68. The molecule has 4 aliphatic carbocycles. The molecule has 2 N–H and O–H groups in total. The molecule has 31 heavy (non-hydrogen) atoms. The van der Waals surface area contributed by atoms with Crippen molar-refractivity contribution in [3.63, 3.8) is 0 Å². The van der Waals surface area contributed by atoms with Crippen LogP contribution in [0.15, 0.2) is 0 Å². The zero-order chi connectivity index (χ0) is 22.4. The summed E-state index contributed by atoms with van der Waals surface area (Å²) in [5.41, 5.74) is 0.923. The molecule has 0 aromatic carbocycles. The smallest absolute Gasteiger partial charge is 0.0720 e. The normalized spacial score (nSPS) is 47.4. The van der Waals surface area contributed by atoms with Crippen LogP contribution < -0.4 is 0 Å². The second-order valence-electron chi connectivity index (χ2n) is 12.6. The molecule has 0 spiro atoms. The van der Waals surface area contributed by atoms with Gasteiger partial charge in [0.2, 0.25) is 0 Å². The highest BCUT2D eigenvalue weighted by Gasteiger charge is 2.60. The number of fused-ring (bicyclic) bond motifs is 5. The average Bonchev–Trinajstić information content (AvgIpc) is 3.10. The standard InChI is InChI=1S/C28H47NO2/c1-5-19(17-29)26(31)11-6-18(2)23-9-10-24-22-8-7-20-16-21(30)12-14-27(20,3)25(22)13-15-28(23,24)4/h18-26,30-31H,5-16H2,1-4H3/t18-,19?,20+,21?,22?,23?,24?,25?,26?,27?,28?/m1/s1. The molecule has 3 nitrogen and oxygen atoms in total. The van der Waals surface area contributed by atoms with Crippen LogP contribution in [-0.2, 0) is 0 Å². The monoisotopic (exact) mass is 429 g/mol. The lowest BCUT2D eigenvalue weighted by Crippen LogP contribution is -2.54. The minimum Gasteiger partial charge on any atom is -0.393 e. The Bertz CT molecular complexity index is 672. The molecule has 0 aliphatic heterocycles. The van der Waals surface area contributed by atoms with Gasteiger partial charge in [0, 0.05) is 0 Å². The molecule has 0 amide bonds. The Balaban J connectivity index is 1.43. The molecule has 4 saturated carbocycles. The van der Waals surface area contributed by atoms with Gasteiger partial charge < -0.3 is 10.2 Å². The molecule has 0 saturated heterocycles. The van der Waals surface area contributed by atoms with Crippen LogP contribution in [0.5, 0.6) is 0 Å². The number of hydrogen-bond acceptors (Lipinski definition) is 3.